The van der Waals surface area contributed by atoms with Crippen LogP contribution < -0.4 is 14.8 Å². The lowest BCUT2D eigenvalue weighted by Gasteiger charge is -2.33. The van der Waals surface area contributed by atoms with Crippen LogP contribution in [0.25, 0.3) is 0 Å². The Morgan fingerprint density at radius 1 is 1.13 bits per heavy atom. The van der Waals surface area contributed by atoms with Crippen molar-refractivity contribution in [1.82, 2.24) is 14.5 Å². The molecule has 4 heterocycles. The highest BCUT2D eigenvalue weighted by molar-refractivity contribution is 7.97. The summed E-state index contributed by atoms with van der Waals surface area (Å²) < 4.78 is 31.0. The molecule has 3 saturated heterocycles. The number of aliphatic hydroxyl groups is 1. The Morgan fingerprint density at radius 3 is 2.89 bits per heavy atom. The van der Waals surface area contributed by atoms with Crippen molar-refractivity contribution in [3.63, 3.8) is 0 Å². The van der Waals surface area contributed by atoms with Crippen LogP contribution in [0.5, 0.6) is 11.5 Å². The van der Waals surface area contributed by atoms with E-state index in [1.54, 1.807) is 19.1 Å². The highest BCUT2D eigenvalue weighted by Crippen LogP contribution is 2.37. The first-order chi connectivity index (χ1) is 22.1. The summed E-state index contributed by atoms with van der Waals surface area (Å²) >= 11 is 1.58. The number of aliphatic hydroxyl groups excluding tert-OH is 1. The number of fused-ring (bicyclic) bond motifs is 3. The number of ether oxygens (including phenoxy) is 5. The van der Waals surface area contributed by atoms with Gasteiger partial charge < -0.3 is 34.1 Å². The Labute approximate surface area is 270 Å². The highest BCUT2D eigenvalue weighted by atomic mass is 32.2. The zero-order valence-corrected chi connectivity index (χ0v) is 26.7. The Bertz CT molecular complexity index is 1280. The molecule has 1 amide bonds. The van der Waals surface area contributed by atoms with Gasteiger partial charge in [0.25, 0.3) is 0 Å². The summed E-state index contributed by atoms with van der Waals surface area (Å²) in [7, 11) is 1.65. The average Bonchev–Trinajstić information content (AvgIpc) is 3.78. The van der Waals surface area contributed by atoms with Crippen LogP contribution in [0.1, 0.15) is 31.2 Å². The number of carbonyl (C=O) groups excluding carboxylic acids is 1. The second-order valence-corrected chi connectivity index (χ2v) is 13.3. The van der Waals surface area contributed by atoms with Gasteiger partial charge in [0.2, 0.25) is 0 Å². The Morgan fingerprint density at radius 2 is 2.02 bits per heavy atom. The summed E-state index contributed by atoms with van der Waals surface area (Å²) in [6, 6.07) is 15.6. The fraction of sp³-hybridized carbons (Fsp3) is 0.559. The van der Waals surface area contributed by atoms with E-state index in [0.29, 0.717) is 38.8 Å². The van der Waals surface area contributed by atoms with Crippen molar-refractivity contribution in [1.29, 1.82) is 0 Å². The average molecular weight is 640 g/mol. The van der Waals surface area contributed by atoms with E-state index in [4.69, 9.17) is 23.7 Å². The third-order valence-electron chi connectivity index (χ3n) is 9.04. The second-order valence-electron chi connectivity index (χ2n) is 12.1. The Hall–Kier alpha value is -2.80. The predicted molar refractivity (Wildman–Crippen MR) is 171 cm³/mol. The number of alkyl carbamates (subject to hydrolysis) is 1. The van der Waals surface area contributed by atoms with E-state index in [0.717, 1.165) is 67.3 Å². The van der Waals surface area contributed by atoms with Gasteiger partial charge in [0.05, 0.1) is 49.9 Å². The first-order valence-corrected chi connectivity index (χ1v) is 16.9. The number of hydrogen-bond donors (Lipinski definition) is 2. The molecule has 244 valence electrons. The molecule has 10 nitrogen and oxygen atoms in total. The van der Waals surface area contributed by atoms with Crippen molar-refractivity contribution in [2.75, 3.05) is 53.1 Å². The number of methoxy groups -OCH3 is 1. The lowest BCUT2D eigenvalue weighted by Crippen LogP contribution is -2.50. The molecule has 6 rings (SSSR count). The summed E-state index contributed by atoms with van der Waals surface area (Å²) in [4.78, 5) is 16.7. The van der Waals surface area contributed by atoms with Crippen LogP contribution >= 0.6 is 11.9 Å². The van der Waals surface area contributed by atoms with Crippen molar-refractivity contribution < 1.29 is 33.6 Å². The van der Waals surface area contributed by atoms with E-state index >= 15 is 0 Å². The summed E-state index contributed by atoms with van der Waals surface area (Å²) in [5.41, 5.74) is 1.02. The van der Waals surface area contributed by atoms with Gasteiger partial charge >= 0.3 is 6.09 Å². The lowest BCUT2D eigenvalue weighted by molar-refractivity contribution is -0.0907. The van der Waals surface area contributed by atoms with E-state index in [-0.39, 0.29) is 18.3 Å². The van der Waals surface area contributed by atoms with Gasteiger partial charge in [0.1, 0.15) is 17.6 Å². The van der Waals surface area contributed by atoms with E-state index in [1.165, 1.54) is 0 Å². The summed E-state index contributed by atoms with van der Waals surface area (Å²) in [6.07, 6.45) is 6.68. The van der Waals surface area contributed by atoms with Gasteiger partial charge in [0.15, 0.2) is 6.29 Å². The van der Waals surface area contributed by atoms with Gasteiger partial charge in [-0.25, -0.2) is 9.10 Å². The van der Waals surface area contributed by atoms with Crippen molar-refractivity contribution in [3.8, 4) is 11.5 Å². The number of carbonyl (C=O) groups is 1. The molecule has 0 aliphatic carbocycles. The van der Waals surface area contributed by atoms with Crippen LogP contribution in [-0.4, -0.2) is 104 Å². The molecule has 6 atom stereocenters. The SMILES string of the molecule is COc1ccc2c(c1)OCCC=CCN1CCCC1CN(CC(O)C(Cc1ccccc1)NC(=O)OC1COC3OCCC13)S2. The maximum Gasteiger partial charge on any atom is 0.407 e. The molecule has 2 aromatic carbocycles. The minimum absolute atomic E-state index is 0.0429. The van der Waals surface area contributed by atoms with Gasteiger partial charge in [-0.1, -0.05) is 42.5 Å². The summed E-state index contributed by atoms with van der Waals surface area (Å²) in [5.74, 6) is 1.53. The van der Waals surface area contributed by atoms with E-state index < -0.39 is 18.2 Å². The number of hydrogen-bond acceptors (Lipinski definition) is 10. The maximum atomic E-state index is 13.2. The third kappa shape index (κ3) is 8.52. The van der Waals surface area contributed by atoms with Crippen LogP contribution in [-0.2, 0) is 20.6 Å². The molecule has 0 spiro atoms. The minimum Gasteiger partial charge on any atom is -0.497 e. The van der Waals surface area contributed by atoms with Crippen LogP contribution in [0.3, 0.4) is 0 Å². The molecule has 6 unspecified atom stereocenters. The second kappa shape index (κ2) is 15.7. The first kappa shape index (κ1) is 32.2. The maximum absolute atomic E-state index is 13.2. The van der Waals surface area contributed by atoms with E-state index in [1.807, 2.05) is 48.5 Å². The summed E-state index contributed by atoms with van der Waals surface area (Å²) in [5, 5.41) is 14.9. The molecule has 2 aromatic rings. The van der Waals surface area contributed by atoms with E-state index in [2.05, 4.69) is 26.7 Å². The lowest BCUT2D eigenvalue weighted by atomic mass is 10.0. The van der Waals surface area contributed by atoms with E-state index in [9.17, 15) is 9.90 Å². The zero-order valence-electron chi connectivity index (χ0n) is 25.9. The smallest absolute Gasteiger partial charge is 0.407 e. The Balaban J connectivity index is 1.21. The number of amides is 1. The molecule has 3 fully saturated rings. The number of nitrogens with one attached hydrogen (secondary N) is 1. The molecule has 0 bridgehead atoms. The van der Waals surface area contributed by atoms with Crippen molar-refractivity contribution in [3.05, 3.63) is 66.2 Å². The molecule has 45 heavy (non-hydrogen) atoms. The fourth-order valence-corrected chi connectivity index (χ4v) is 7.68. The molecular formula is C34H45N3O7S. The van der Waals surface area contributed by atoms with Crippen LogP contribution in [0.15, 0.2) is 65.6 Å². The standard InChI is InChI=1S/C34H45N3O7S/c1-40-26-12-13-32-30(20-26)41-17-7-3-6-15-36-16-8-11-25(36)21-37(45-32)22-29(38)28(19-24-9-4-2-5-10-24)35-34(39)44-31-23-43-33-27(31)14-18-42-33/h2-6,9-10,12-13,20,25,27-29,31,33,38H,7-8,11,14-19,21-23H2,1H3,(H,35,39). The van der Waals surface area contributed by atoms with Crippen LogP contribution in [0.2, 0.25) is 0 Å². The fourth-order valence-electron chi connectivity index (χ4n) is 6.59. The number of nitrogens with zero attached hydrogens (tertiary/aromatic N) is 2. The van der Waals surface area contributed by atoms with Gasteiger partial charge in [-0.15, -0.1) is 0 Å². The van der Waals surface area contributed by atoms with Gasteiger partial charge in [-0.3, -0.25) is 4.90 Å². The van der Waals surface area contributed by atoms with Crippen molar-refractivity contribution >= 4 is 18.0 Å². The largest absolute Gasteiger partial charge is 0.497 e. The van der Waals surface area contributed by atoms with Gasteiger partial charge in [-0.05, 0) is 68.3 Å². The van der Waals surface area contributed by atoms with Gasteiger partial charge in [0, 0.05) is 31.7 Å². The molecule has 0 saturated carbocycles. The molecular weight excluding hydrogens is 594 g/mol. The molecule has 4 aliphatic rings. The van der Waals surface area contributed by atoms with Crippen molar-refractivity contribution in [2.24, 2.45) is 5.92 Å². The molecule has 4 aliphatic heterocycles. The molecule has 0 aromatic heterocycles. The van der Waals surface area contributed by atoms with Crippen LogP contribution in [0, 0.1) is 5.92 Å². The van der Waals surface area contributed by atoms with Crippen LogP contribution in [0.4, 0.5) is 4.79 Å². The molecule has 2 N–H and O–H groups in total. The molecule has 11 heteroatoms. The summed E-state index contributed by atoms with van der Waals surface area (Å²) in [6.45, 7) is 4.53. The predicted octanol–water partition coefficient (Wildman–Crippen LogP) is 4.27. The van der Waals surface area contributed by atoms with Crippen molar-refractivity contribution in [2.45, 2.75) is 67.6 Å². The minimum atomic E-state index is -0.874. The molecule has 0 radical (unpaired) electrons. The zero-order chi connectivity index (χ0) is 31.0. The topological polar surface area (TPSA) is 102 Å². The number of rotatable bonds is 8. The normalized spacial score (nSPS) is 27.1. The first-order valence-electron chi connectivity index (χ1n) is 16.1. The third-order valence-corrected chi connectivity index (χ3v) is 10.1. The number of β-amino-alcohol motifs (C(OH)–C–C–N with tert-alkyl or cyclic N) is 1. The highest BCUT2D eigenvalue weighted by Gasteiger charge is 2.44. The monoisotopic (exact) mass is 639 g/mol. The quantitative estimate of drug-likeness (QED) is 0.322. The Kier molecular flexibility index (Phi) is 11.2. The van der Waals surface area contributed by atoms with Gasteiger partial charge in [-0.2, -0.15) is 0 Å². The number of benzene rings is 2.